The van der Waals surface area contributed by atoms with Gasteiger partial charge < -0.3 is 15.8 Å². The third-order valence-electron chi connectivity index (χ3n) is 2.41. The fraction of sp³-hybridized carbons (Fsp3) is 0.462. The molecule has 1 amide bonds. The molecule has 100 valence electrons. The molecule has 0 aliphatic heterocycles. The predicted octanol–water partition coefficient (Wildman–Crippen LogP) is 2.26. The van der Waals surface area contributed by atoms with Gasteiger partial charge in [0, 0.05) is 12.6 Å². The van der Waals surface area contributed by atoms with Crippen LogP contribution in [0.1, 0.15) is 31.9 Å². The van der Waals surface area contributed by atoms with Crippen LogP contribution in [-0.2, 0) is 4.79 Å². The highest BCUT2D eigenvalue weighted by molar-refractivity contribution is 6.32. The van der Waals surface area contributed by atoms with Crippen molar-refractivity contribution in [1.29, 1.82) is 0 Å². The van der Waals surface area contributed by atoms with Gasteiger partial charge in [-0.3, -0.25) is 4.79 Å². The van der Waals surface area contributed by atoms with E-state index in [0.717, 1.165) is 12.0 Å². The highest BCUT2D eigenvalue weighted by Crippen LogP contribution is 2.27. The maximum Gasteiger partial charge on any atom is 0.257 e. The third-order valence-corrected chi connectivity index (χ3v) is 2.71. The summed E-state index contributed by atoms with van der Waals surface area (Å²) in [6.45, 7) is 4.49. The van der Waals surface area contributed by atoms with Crippen LogP contribution in [0.2, 0.25) is 5.02 Å². The number of carbonyl (C=O) groups excluding carboxylic acids is 1. The van der Waals surface area contributed by atoms with Crippen molar-refractivity contribution < 1.29 is 9.53 Å². The smallest absolute Gasteiger partial charge is 0.257 e. The van der Waals surface area contributed by atoms with Crippen molar-refractivity contribution >= 4 is 17.5 Å². The summed E-state index contributed by atoms with van der Waals surface area (Å²) >= 11 is 6.05. The molecule has 4 nitrogen and oxygen atoms in total. The maximum atomic E-state index is 11.4. The first-order valence-corrected chi connectivity index (χ1v) is 6.37. The van der Waals surface area contributed by atoms with Crippen molar-refractivity contribution in [1.82, 2.24) is 5.32 Å². The molecule has 0 radical (unpaired) electrons. The Bertz CT molecular complexity index is 408. The van der Waals surface area contributed by atoms with E-state index in [9.17, 15) is 4.79 Å². The summed E-state index contributed by atoms with van der Waals surface area (Å²) in [5, 5.41) is 3.19. The van der Waals surface area contributed by atoms with Crippen LogP contribution in [0.4, 0.5) is 0 Å². The zero-order valence-electron chi connectivity index (χ0n) is 10.7. The first kappa shape index (κ1) is 14.8. The lowest BCUT2D eigenvalue weighted by Gasteiger charge is -2.11. The van der Waals surface area contributed by atoms with Crippen molar-refractivity contribution in [3.8, 4) is 5.75 Å². The molecule has 1 aromatic carbocycles. The van der Waals surface area contributed by atoms with Crippen molar-refractivity contribution in [3.63, 3.8) is 0 Å². The largest absolute Gasteiger partial charge is 0.482 e. The monoisotopic (exact) mass is 270 g/mol. The van der Waals surface area contributed by atoms with Gasteiger partial charge >= 0.3 is 0 Å². The van der Waals surface area contributed by atoms with E-state index >= 15 is 0 Å². The topological polar surface area (TPSA) is 64.3 Å². The number of rotatable bonds is 6. The maximum absolute atomic E-state index is 11.4. The van der Waals surface area contributed by atoms with Crippen LogP contribution in [0.25, 0.3) is 0 Å². The summed E-state index contributed by atoms with van der Waals surface area (Å²) in [6, 6.07) is 5.25. The second kappa shape index (κ2) is 7.24. The number of hydrogen-bond donors (Lipinski definition) is 2. The van der Waals surface area contributed by atoms with Gasteiger partial charge in [-0.15, -0.1) is 0 Å². The average molecular weight is 271 g/mol. The summed E-state index contributed by atoms with van der Waals surface area (Å²) in [5.41, 5.74) is 6.68. The molecule has 0 spiro atoms. The lowest BCUT2D eigenvalue weighted by Crippen LogP contribution is -2.29. The minimum atomic E-state index is -0.149. The van der Waals surface area contributed by atoms with Crippen LogP contribution >= 0.6 is 11.6 Å². The average Bonchev–Trinajstić information content (AvgIpc) is 2.34. The van der Waals surface area contributed by atoms with Crippen molar-refractivity contribution in [2.75, 3.05) is 13.2 Å². The fourth-order valence-electron chi connectivity index (χ4n) is 1.38. The molecule has 18 heavy (non-hydrogen) atoms. The Labute approximate surface area is 112 Å². The minimum absolute atomic E-state index is 0.0305. The molecular weight excluding hydrogens is 252 g/mol. The van der Waals surface area contributed by atoms with Gasteiger partial charge in [-0.05, 0) is 31.0 Å². The van der Waals surface area contributed by atoms with Gasteiger partial charge in [-0.25, -0.2) is 0 Å². The quantitative estimate of drug-likeness (QED) is 0.833. The second-order valence-electron chi connectivity index (χ2n) is 4.12. The lowest BCUT2D eigenvalue weighted by molar-refractivity contribution is -0.123. The molecule has 0 unspecified atom stereocenters. The zero-order valence-corrected chi connectivity index (χ0v) is 11.5. The summed E-state index contributed by atoms with van der Waals surface area (Å²) in [4.78, 5) is 11.4. The second-order valence-corrected chi connectivity index (χ2v) is 4.52. The molecule has 0 aromatic heterocycles. The van der Waals surface area contributed by atoms with E-state index in [-0.39, 0.29) is 18.6 Å². The van der Waals surface area contributed by atoms with Gasteiger partial charge in [-0.2, -0.15) is 0 Å². The fourth-order valence-corrected chi connectivity index (χ4v) is 1.62. The molecule has 1 rings (SSSR count). The molecular formula is C13H19ClN2O2. The summed E-state index contributed by atoms with van der Waals surface area (Å²) in [5.74, 6) is 0.344. The SMILES string of the molecule is CCCNC(=O)COc1ccc([C@@H](C)N)cc1Cl. The van der Waals surface area contributed by atoms with E-state index in [1.54, 1.807) is 12.1 Å². The molecule has 5 heteroatoms. The minimum Gasteiger partial charge on any atom is -0.482 e. The van der Waals surface area contributed by atoms with E-state index < -0.39 is 0 Å². The summed E-state index contributed by atoms with van der Waals surface area (Å²) in [7, 11) is 0. The van der Waals surface area contributed by atoms with E-state index in [0.29, 0.717) is 17.3 Å². The van der Waals surface area contributed by atoms with Gasteiger partial charge in [-0.1, -0.05) is 24.6 Å². The van der Waals surface area contributed by atoms with Crippen LogP contribution in [0.3, 0.4) is 0 Å². The Morgan fingerprint density at radius 2 is 2.28 bits per heavy atom. The molecule has 1 aromatic rings. The number of nitrogens with two attached hydrogens (primary N) is 1. The number of ether oxygens (including phenoxy) is 1. The molecule has 0 saturated carbocycles. The number of carbonyl (C=O) groups is 1. The number of benzene rings is 1. The van der Waals surface area contributed by atoms with Crippen LogP contribution in [0, 0.1) is 0 Å². The molecule has 0 aliphatic rings. The van der Waals surface area contributed by atoms with Crippen molar-refractivity contribution in [3.05, 3.63) is 28.8 Å². The van der Waals surface area contributed by atoms with Crippen LogP contribution in [0.15, 0.2) is 18.2 Å². The standard InChI is InChI=1S/C13H19ClN2O2/c1-3-6-16-13(17)8-18-12-5-4-10(9(2)15)7-11(12)14/h4-5,7,9H,3,6,8,15H2,1-2H3,(H,16,17)/t9-/m1/s1. The predicted molar refractivity (Wildman–Crippen MR) is 72.9 cm³/mol. The Morgan fingerprint density at radius 1 is 1.56 bits per heavy atom. The van der Waals surface area contributed by atoms with E-state index in [1.807, 2.05) is 19.9 Å². The molecule has 0 fully saturated rings. The molecule has 0 heterocycles. The van der Waals surface area contributed by atoms with Gasteiger partial charge in [0.2, 0.25) is 0 Å². The van der Waals surface area contributed by atoms with Gasteiger partial charge in [0.1, 0.15) is 5.75 Å². The highest BCUT2D eigenvalue weighted by atomic mass is 35.5. The molecule has 0 saturated heterocycles. The van der Waals surface area contributed by atoms with Crippen LogP contribution in [0.5, 0.6) is 5.75 Å². The molecule has 1 atom stereocenters. The third kappa shape index (κ3) is 4.55. The summed E-state index contributed by atoms with van der Waals surface area (Å²) in [6.07, 6.45) is 0.898. The van der Waals surface area contributed by atoms with Crippen molar-refractivity contribution in [2.45, 2.75) is 26.3 Å². The first-order chi connectivity index (χ1) is 8.54. The normalized spacial score (nSPS) is 12.0. The number of nitrogens with one attached hydrogen (secondary N) is 1. The molecule has 3 N–H and O–H groups in total. The Morgan fingerprint density at radius 3 is 2.83 bits per heavy atom. The number of hydrogen-bond acceptors (Lipinski definition) is 3. The van der Waals surface area contributed by atoms with Crippen LogP contribution in [-0.4, -0.2) is 19.1 Å². The number of halogens is 1. The molecule has 0 aliphatic carbocycles. The summed E-state index contributed by atoms with van der Waals surface area (Å²) < 4.78 is 5.35. The van der Waals surface area contributed by atoms with Gasteiger partial charge in [0.25, 0.3) is 5.91 Å². The Hall–Kier alpha value is -1.26. The van der Waals surface area contributed by atoms with Crippen molar-refractivity contribution in [2.24, 2.45) is 5.73 Å². The Balaban J connectivity index is 2.55. The number of amides is 1. The van der Waals surface area contributed by atoms with Gasteiger partial charge in [0.05, 0.1) is 5.02 Å². The van der Waals surface area contributed by atoms with E-state index in [2.05, 4.69) is 5.32 Å². The highest BCUT2D eigenvalue weighted by Gasteiger charge is 2.07. The zero-order chi connectivity index (χ0) is 13.5. The van der Waals surface area contributed by atoms with E-state index in [1.165, 1.54) is 0 Å². The van der Waals surface area contributed by atoms with Gasteiger partial charge in [0.15, 0.2) is 6.61 Å². The lowest BCUT2D eigenvalue weighted by atomic mass is 10.1. The van der Waals surface area contributed by atoms with Crippen LogP contribution < -0.4 is 15.8 Å². The first-order valence-electron chi connectivity index (χ1n) is 5.99. The Kier molecular flexibility index (Phi) is 5.95. The molecule has 0 bridgehead atoms. The van der Waals surface area contributed by atoms with E-state index in [4.69, 9.17) is 22.1 Å².